The second kappa shape index (κ2) is 6.12. The number of carbonyl (C=O) groups is 1. The fraction of sp³-hybridized carbons (Fsp3) is 0.300. The molecule has 0 bridgehead atoms. The van der Waals surface area contributed by atoms with Gasteiger partial charge in [-0.25, -0.2) is 5.53 Å². The zero-order chi connectivity index (χ0) is 12.0. The maximum Gasteiger partial charge on any atom is 0.298 e. The van der Waals surface area contributed by atoms with Gasteiger partial charge in [-0.05, 0) is 18.4 Å². The van der Waals surface area contributed by atoms with Gasteiger partial charge in [-0.1, -0.05) is 6.07 Å². The number of hydrogen-bond acceptors (Lipinski definition) is 5. The minimum atomic E-state index is -0.644. The normalized spacial score (nSPS) is 9.62. The molecule has 0 heterocycles. The van der Waals surface area contributed by atoms with Gasteiger partial charge < -0.3 is 9.47 Å². The molecule has 86 valence electrons. The van der Waals surface area contributed by atoms with Crippen LogP contribution < -0.4 is 9.47 Å². The molecule has 0 aliphatic heterocycles. The van der Waals surface area contributed by atoms with Crippen LogP contribution in [-0.2, 0) is 0 Å². The summed E-state index contributed by atoms with van der Waals surface area (Å²) in [5.41, 5.74) is 6.96. The third-order valence-corrected chi connectivity index (χ3v) is 2.21. The lowest BCUT2D eigenvalue weighted by Gasteiger charge is -2.11. The van der Waals surface area contributed by atoms with Gasteiger partial charge in [-0.3, -0.25) is 4.79 Å². The monoisotopic (exact) mass is 240 g/mol. The van der Waals surface area contributed by atoms with Crippen LogP contribution in [0.15, 0.2) is 23.3 Å². The van der Waals surface area contributed by atoms with Crippen LogP contribution in [-0.4, -0.2) is 25.2 Å². The van der Waals surface area contributed by atoms with Crippen molar-refractivity contribution in [3.05, 3.63) is 23.8 Å². The Kier molecular flexibility index (Phi) is 4.78. The van der Waals surface area contributed by atoms with Crippen molar-refractivity contribution in [1.82, 2.24) is 0 Å². The minimum Gasteiger partial charge on any atom is -0.493 e. The average molecular weight is 240 g/mol. The van der Waals surface area contributed by atoms with Crippen LogP contribution in [0.5, 0.6) is 11.5 Å². The van der Waals surface area contributed by atoms with Crippen LogP contribution in [0.4, 0.5) is 0 Å². The predicted molar refractivity (Wildman–Crippen MR) is 61.5 cm³/mol. The lowest BCUT2D eigenvalue weighted by Crippen LogP contribution is -2.03. The standard InChI is InChI=1S/C10H12N2O3S/c1-14-8-5-3-4-7(10(13)12-11)9(8)15-6-16-2/h3-5,11H,6H2,1-2H3. The molecule has 1 aromatic rings. The molecule has 0 saturated heterocycles. The second-order valence-electron chi connectivity index (χ2n) is 2.80. The maximum atomic E-state index is 11.4. The van der Waals surface area contributed by atoms with Gasteiger partial charge in [0.05, 0.1) is 12.7 Å². The van der Waals surface area contributed by atoms with Crippen LogP contribution in [0.3, 0.4) is 0 Å². The maximum absolute atomic E-state index is 11.4. The first-order valence-corrected chi connectivity index (χ1v) is 5.84. The summed E-state index contributed by atoms with van der Waals surface area (Å²) in [7, 11) is 1.49. The van der Waals surface area contributed by atoms with E-state index in [0.717, 1.165) is 0 Å². The molecule has 1 N–H and O–H groups in total. The summed E-state index contributed by atoms with van der Waals surface area (Å²) in [4.78, 5) is 11.4. The number of carbonyl (C=O) groups excluding carboxylic acids is 1. The molecule has 1 rings (SSSR count). The van der Waals surface area contributed by atoms with Crippen molar-refractivity contribution >= 4 is 17.7 Å². The fourth-order valence-electron chi connectivity index (χ4n) is 1.17. The molecule has 0 spiro atoms. The molecular formula is C10H12N2O3S. The Hall–Kier alpha value is -1.56. The van der Waals surface area contributed by atoms with E-state index in [-0.39, 0.29) is 5.56 Å². The third-order valence-electron chi connectivity index (χ3n) is 1.85. The van der Waals surface area contributed by atoms with E-state index in [2.05, 4.69) is 5.11 Å². The zero-order valence-corrected chi connectivity index (χ0v) is 9.84. The Bertz CT molecular complexity index is 396. The summed E-state index contributed by atoms with van der Waals surface area (Å²) < 4.78 is 10.5. The highest BCUT2D eigenvalue weighted by atomic mass is 32.2. The fourth-order valence-corrected chi connectivity index (χ4v) is 1.41. The Morgan fingerprint density at radius 1 is 1.56 bits per heavy atom. The molecule has 0 aliphatic carbocycles. The Balaban J connectivity index is 3.14. The summed E-state index contributed by atoms with van der Waals surface area (Å²) in [6, 6.07) is 4.90. The number of hydrogen-bond donors (Lipinski definition) is 1. The van der Waals surface area contributed by atoms with Crippen molar-refractivity contribution in [2.75, 3.05) is 19.3 Å². The van der Waals surface area contributed by atoms with Gasteiger partial charge in [-0.2, -0.15) is 0 Å². The van der Waals surface area contributed by atoms with Crippen molar-refractivity contribution in [3.63, 3.8) is 0 Å². The summed E-state index contributed by atoms with van der Waals surface area (Å²) in [6.45, 7) is 0. The van der Waals surface area contributed by atoms with Crippen LogP contribution in [0, 0.1) is 5.53 Å². The van der Waals surface area contributed by atoms with E-state index in [4.69, 9.17) is 15.0 Å². The van der Waals surface area contributed by atoms with Crippen LogP contribution >= 0.6 is 11.8 Å². The van der Waals surface area contributed by atoms with E-state index in [1.807, 2.05) is 6.26 Å². The van der Waals surface area contributed by atoms with E-state index in [1.165, 1.54) is 18.9 Å². The zero-order valence-electron chi connectivity index (χ0n) is 9.02. The van der Waals surface area contributed by atoms with Gasteiger partial charge in [0.1, 0.15) is 5.94 Å². The Morgan fingerprint density at radius 3 is 2.88 bits per heavy atom. The lowest BCUT2D eigenvalue weighted by molar-refractivity contribution is 0.0987. The van der Waals surface area contributed by atoms with Crippen molar-refractivity contribution in [2.45, 2.75) is 0 Å². The molecule has 1 amide bonds. The van der Waals surface area contributed by atoms with Crippen molar-refractivity contribution < 1.29 is 14.3 Å². The molecule has 5 nitrogen and oxygen atoms in total. The first kappa shape index (κ1) is 12.5. The number of thioether (sulfide) groups is 1. The number of nitrogens with zero attached hydrogens (tertiary/aromatic N) is 1. The van der Waals surface area contributed by atoms with Crippen molar-refractivity contribution in [1.29, 1.82) is 5.53 Å². The highest BCUT2D eigenvalue weighted by Crippen LogP contribution is 2.32. The topological polar surface area (TPSA) is 71.7 Å². The molecule has 0 unspecified atom stereocenters. The first-order chi connectivity index (χ1) is 7.74. The van der Waals surface area contributed by atoms with E-state index in [0.29, 0.717) is 17.4 Å². The van der Waals surface area contributed by atoms with Gasteiger partial charge in [0, 0.05) is 0 Å². The van der Waals surface area contributed by atoms with Gasteiger partial charge in [0.2, 0.25) is 0 Å². The number of rotatable bonds is 5. The molecule has 0 aromatic heterocycles. The summed E-state index contributed by atoms with van der Waals surface area (Å²) in [5, 5.41) is 2.87. The van der Waals surface area contributed by atoms with Gasteiger partial charge in [0.15, 0.2) is 11.5 Å². The molecule has 6 heteroatoms. The minimum absolute atomic E-state index is 0.239. The first-order valence-electron chi connectivity index (χ1n) is 4.45. The molecular weight excluding hydrogens is 228 g/mol. The summed E-state index contributed by atoms with van der Waals surface area (Å²) in [5.74, 6) is 0.553. The smallest absolute Gasteiger partial charge is 0.298 e. The Labute approximate surface area is 97.6 Å². The number of ether oxygens (including phenoxy) is 2. The average Bonchev–Trinajstić information content (AvgIpc) is 2.34. The van der Waals surface area contributed by atoms with Crippen LogP contribution in [0.1, 0.15) is 10.4 Å². The Morgan fingerprint density at radius 2 is 2.31 bits per heavy atom. The molecule has 0 fully saturated rings. The lowest BCUT2D eigenvalue weighted by atomic mass is 10.2. The highest BCUT2D eigenvalue weighted by molar-refractivity contribution is 7.98. The molecule has 16 heavy (non-hydrogen) atoms. The summed E-state index contributed by atoms with van der Waals surface area (Å²) in [6.07, 6.45) is 1.88. The number of para-hydroxylation sites is 1. The SMILES string of the molecule is COc1cccc(C(=O)N=N)c1OCSC. The largest absolute Gasteiger partial charge is 0.493 e. The van der Waals surface area contributed by atoms with E-state index in [9.17, 15) is 4.79 Å². The quantitative estimate of drug-likeness (QED) is 0.634. The highest BCUT2D eigenvalue weighted by Gasteiger charge is 2.16. The van der Waals surface area contributed by atoms with Gasteiger partial charge >= 0.3 is 0 Å². The number of methoxy groups -OCH3 is 1. The molecule has 0 aliphatic rings. The molecule has 0 saturated carbocycles. The molecule has 0 radical (unpaired) electrons. The molecule has 0 atom stereocenters. The predicted octanol–water partition coefficient (Wildman–Crippen LogP) is 2.57. The second-order valence-corrected chi connectivity index (χ2v) is 3.62. The van der Waals surface area contributed by atoms with Crippen molar-refractivity contribution in [3.8, 4) is 11.5 Å². The number of benzene rings is 1. The van der Waals surface area contributed by atoms with Crippen LogP contribution in [0.25, 0.3) is 0 Å². The third kappa shape index (κ3) is 2.73. The number of nitrogens with one attached hydrogen (secondary N) is 1. The van der Waals surface area contributed by atoms with Crippen molar-refractivity contribution in [2.24, 2.45) is 5.11 Å². The molecule has 1 aromatic carbocycles. The number of amides is 1. The summed E-state index contributed by atoms with van der Waals surface area (Å²) >= 11 is 1.48. The van der Waals surface area contributed by atoms with Gasteiger partial charge in [-0.15, -0.1) is 16.9 Å². The van der Waals surface area contributed by atoms with E-state index < -0.39 is 5.91 Å². The van der Waals surface area contributed by atoms with E-state index >= 15 is 0 Å². The van der Waals surface area contributed by atoms with E-state index in [1.54, 1.807) is 18.2 Å². The van der Waals surface area contributed by atoms with Gasteiger partial charge in [0.25, 0.3) is 5.91 Å². The van der Waals surface area contributed by atoms with Crippen LogP contribution in [0.2, 0.25) is 0 Å².